The lowest BCUT2D eigenvalue weighted by molar-refractivity contribution is -0.0503. The summed E-state index contributed by atoms with van der Waals surface area (Å²) in [4.78, 5) is 7.86. The Morgan fingerprint density at radius 3 is 2.63 bits per heavy atom. The SMILES string of the molecule is Cn1ccc2cc(-c3ccc4cnc(OS(=O)(=O)C(F)(F)F)nn34)cnc21. The summed E-state index contributed by atoms with van der Waals surface area (Å²) in [5.41, 5.74) is -3.26. The molecule has 0 radical (unpaired) electrons. The van der Waals surface area contributed by atoms with E-state index in [-0.39, 0.29) is 0 Å². The molecule has 0 fully saturated rings. The van der Waals surface area contributed by atoms with Gasteiger partial charge in [0.2, 0.25) is 0 Å². The van der Waals surface area contributed by atoms with Gasteiger partial charge in [0.05, 0.1) is 17.4 Å². The minimum absolute atomic E-state index is 0.440. The molecule has 0 spiro atoms. The molecule has 0 atom stereocenters. The van der Waals surface area contributed by atoms with Gasteiger partial charge in [0.25, 0.3) is 0 Å². The monoisotopic (exact) mass is 397 g/mol. The van der Waals surface area contributed by atoms with E-state index in [0.717, 1.165) is 17.2 Å². The minimum atomic E-state index is -5.86. The Bertz CT molecular complexity index is 1280. The average molecular weight is 397 g/mol. The summed E-state index contributed by atoms with van der Waals surface area (Å²) in [6.45, 7) is 0. The van der Waals surface area contributed by atoms with Crippen LogP contribution in [0.2, 0.25) is 0 Å². The first kappa shape index (κ1) is 17.3. The van der Waals surface area contributed by atoms with E-state index in [4.69, 9.17) is 0 Å². The Hall–Kier alpha value is -3.15. The minimum Gasteiger partial charge on any atom is -0.336 e. The van der Waals surface area contributed by atoms with E-state index in [1.807, 2.05) is 29.9 Å². The molecule has 0 aromatic carbocycles. The maximum Gasteiger partial charge on any atom is 0.534 e. The second-order valence-corrected chi connectivity index (χ2v) is 7.18. The molecule has 140 valence electrons. The van der Waals surface area contributed by atoms with E-state index < -0.39 is 21.6 Å². The van der Waals surface area contributed by atoms with Crippen LogP contribution in [-0.2, 0) is 17.2 Å². The fraction of sp³-hybridized carbons (Fsp3) is 0.133. The number of halogens is 3. The van der Waals surface area contributed by atoms with Crippen LogP contribution in [0.25, 0.3) is 27.8 Å². The van der Waals surface area contributed by atoms with Crippen LogP contribution in [0.3, 0.4) is 0 Å². The quantitative estimate of drug-likeness (QED) is 0.390. The molecular weight excluding hydrogens is 387 g/mol. The van der Waals surface area contributed by atoms with Crippen LogP contribution >= 0.6 is 0 Å². The van der Waals surface area contributed by atoms with Gasteiger partial charge in [-0.3, -0.25) is 0 Å². The van der Waals surface area contributed by atoms with Crippen molar-refractivity contribution in [1.29, 1.82) is 0 Å². The van der Waals surface area contributed by atoms with E-state index >= 15 is 0 Å². The van der Waals surface area contributed by atoms with Crippen molar-refractivity contribution < 1.29 is 25.8 Å². The fourth-order valence-electron chi connectivity index (χ4n) is 2.58. The topological polar surface area (TPSA) is 91.4 Å². The highest BCUT2D eigenvalue weighted by Crippen LogP contribution is 2.27. The number of pyridine rings is 1. The van der Waals surface area contributed by atoms with E-state index in [2.05, 4.69) is 19.2 Å². The molecule has 0 amide bonds. The summed E-state index contributed by atoms with van der Waals surface area (Å²) < 4.78 is 66.8. The van der Waals surface area contributed by atoms with Gasteiger partial charge in [0.1, 0.15) is 5.65 Å². The predicted octanol–water partition coefficient (Wildman–Crippen LogP) is 2.51. The summed E-state index contributed by atoms with van der Waals surface area (Å²) in [6.07, 6.45) is 4.58. The van der Waals surface area contributed by atoms with Crippen LogP contribution in [0, 0.1) is 0 Å². The molecule has 8 nitrogen and oxygen atoms in total. The molecule has 0 aliphatic carbocycles. The predicted molar refractivity (Wildman–Crippen MR) is 88.3 cm³/mol. The summed E-state index contributed by atoms with van der Waals surface area (Å²) >= 11 is 0. The second kappa shape index (κ2) is 5.67. The maximum absolute atomic E-state index is 12.5. The van der Waals surface area contributed by atoms with Crippen molar-refractivity contribution in [2.75, 3.05) is 0 Å². The highest BCUT2D eigenvalue weighted by atomic mass is 32.2. The summed E-state index contributed by atoms with van der Waals surface area (Å²) in [5.74, 6) is 0. The van der Waals surface area contributed by atoms with Crippen LogP contribution in [0.15, 0.2) is 42.9 Å². The first-order valence-electron chi connectivity index (χ1n) is 7.43. The van der Waals surface area contributed by atoms with Gasteiger partial charge in [-0.25, -0.2) is 9.50 Å². The number of nitrogens with zero attached hydrogens (tertiary/aromatic N) is 5. The number of hydrogen-bond donors (Lipinski definition) is 0. The van der Waals surface area contributed by atoms with Gasteiger partial charge >= 0.3 is 21.6 Å². The lowest BCUT2D eigenvalue weighted by Gasteiger charge is -2.08. The molecule has 0 saturated heterocycles. The lowest BCUT2D eigenvalue weighted by atomic mass is 10.2. The number of hydrogen-bond acceptors (Lipinski definition) is 6. The molecule has 0 unspecified atom stereocenters. The van der Waals surface area contributed by atoms with Gasteiger partial charge in [-0.15, -0.1) is 5.10 Å². The van der Waals surface area contributed by atoms with E-state index in [1.165, 1.54) is 4.52 Å². The third-order valence-electron chi connectivity index (χ3n) is 3.85. The Kier molecular flexibility index (Phi) is 3.63. The normalized spacial score (nSPS) is 12.7. The van der Waals surface area contributed by atoms with Crippen molar-refractivity contribution in [3.63, 3.8) is 0 Å². The zero-order valence-electron chi connectivity index (χ0n) is 13.5. The highest BCUT2D eigenvalue weighted by Gasteiger charge is 2.49. The number of rotatable bonds is 3. The molecule has 0 aliphatic heterocycles. The van der Waals surface area contributed by atoms with Crippen molar-refractivity contribution in [3.05, 3.63) is 42.9 Å². The number of aromatic nitrogens is 5. The highest BCUT2D eigenvalue weighted by molar-refractivity contribution is 7.87. The van der Waals surface area contributed by atoms with Crippen molar-refractivity contribution in [2.24, 2.45) is 7.05 Å². The third kappa shape index (κ3) is 2.87. The van der Waals surface area contributed by atoms with Gasteiger partial charge in [-0.1, -0.05) is 0 Å². The van der Waals surface area contributed by atoms with Crippen molar-refractivity contribution >= 4 is 26.7 Å². The smallest absolute Gasteiger partial charge is 0.336 e. The van der Waals surface area contributed by atoms with Gasteiger partial charge in [-0.05, 0) is 24.3 Å². The molecular formula is C15H10F3N5O3S. The zero-order chi connectivity index (χ0) is 19.4. The van der Waals surface area contributed by atoms with Crippen molar-refractivity contribution in [1.82, 2.24) is 24.1 Å². The van der Waals surface area contributed by atoms with Gasteiger partial charge in [0, 0.05) is 30.4 Å². The Balaban J connectivity index is 1.80. The molecule has 4 rings (SSSR count). The molecule has 4 aromatic heterocycles. The van der Waals surface area contributed by atoms with Crippen LogP contribution in [0.5, 0.6) is 6.01 Å². The third-order valence-corrected chi connectivity index (χ3v) is 4.78. The van der Waals surface area contributed by atoms with Gasteiger partial charge in [0.15, 0.2) is 0 Å². The molecule has 4 aromatic rings. The molecule has 4 heterocycles. The Morgan fingerprint density at radius 2 is 1.89 bits per heavy atom. The Morgan fingerprint density at radius 1 is 1.11 bits per heavy atom. The lowest BCUT2D eigenvalue weighted by Crippen LogP contribution is -2.28. The van der Waals surface area contributed by atoms with Gasteiger partial charge in [-0.2, -0.15) is 26.6 Å². The van der Waals surface area contributed by atoms with Crippen molar-refractivity contribution in [2.45, 2.75) is 5.51 Å². The molecule has 0 saturated carbocycles. The van der Waals surface area contributed by atoms with Crippen LogP contribution in [0.4, 0.5) is 13.2 Å². The van der Waals surface area contributed by atoms with Crippen LogP contribution in [0.1, 0.15) is 0 Å². The molecule has 12 heteroatoms. The largest absolute Gasteiger partial charge is 0.534 e. The molecule has 27 heavy (non-hydrogen) atoms. The first-order chi connectivity index (χ1) is 12.7. The maximum atomic E-state index is 12.5. The Labute approximate surface area is 150 Å². The number of fused-ring (bicyclic) bond motifs is 2. The van der Waals surface area contributed by atoms with E-state index in [1.54, 1.807) is 18.3 Å². The van der Waals surface area contributed by atoms with Crippen LogP contribution in [-0.4, -0.2) is 38.1 Å². The number of aryl methyl sites for hydroxylation is 1. The summed E-state index contributed by atoms with van der Waals surface area (Å²) in [6, 6.07) is 6.05. The van der Waals surface area contributed by atoms with Crippen molar-refractivity contribution in [3.8, 4) is 17.3 Å². The first-order valence-corrected chi connectivity index (χ1v) is 8.83. The van der Waals surface area contributed by atoms with Gasteiger partial charge < -0.3 is 8.75 Å². The van der Waals surface area contributed by atoms with E-state index in [9.17, 15) is 21.6 Å². The molecule has 0 bridgehead atoms. The zero-order valence-corrected chi connectivity index (χ0v) is 14.4. The standard InChI is InChI=1S/C15H10F3N5O3S/c1-22-5-4-9-6-10(7-19-13(9)22)12-3-2-11-8-20-14(21-23(11)12)26-27(24,25)15(16,17)18/h2-8H,1H3. The van der Waals surface area contributed by atoms with Crippen LogP contribution < -0.4 is 4.18 Å². The fourth-order valence-corrected chi connectivity index (χ4v) is 2.95. The summed E-state index contributed by atoms with van der Waals surface area (Å²) in [5, 5.41) is 4.62. The van der Waals surface area contributed by atoms with E-state index in [0.29, 0.717) is 16.8 Å². The molecule has 0 aliphatic rings. The molecule has 0 N–H and O–H groups in total. The summed E-state index contributed by atoms with van der Waals surface area (Å²) in [7, 11) is -4.01. The average Bonchev–Trinajstić information content (AvgIpc) is 3.17. The number of alkyl halides is 3. The second-order valence-electron chi connectivity index (χ2n) is 5.64.